The number of ether oxygens (including phenoxy) is 1. The molecule has 1 aromatic rings. The fourth-order valence-electron chi connectivity index (χ4n) is 2.27. The number of ketones is 1. The summed E-state index contributed by atoms with van der Waals surface area (Å²) in [7, 11) is 0. The van der Waals surface area contributed by atoms with Crippen molar-refractivity contribution in [2.45, 2.75) is 25.9 Å². The zero-order valence-electron chi connectivity index (χ0n) is 11.5. The van der Waals surface area contributed by atoms with Crippen molar-refractivity contribution in [3.05, 3.63) is 29.8 Å². The van der Waals surface area contributed by atoms with Gasteiger partial charge >= 0.3 is 0 Å². The fourth-order valence-corrected chi connectivity index (χ4v) is 2.62. The van der Waals surface area contributed by atoms with Crippen LogP contribution in [0.3, 0.4) is 0 Å². The Labute approximate surface area is 127 Å². The molecule has 0 saturated carbocycles. The molecule has 1 aliphatic heterocycles. The summed E-state index contributed by atoms with van der Waals surface area (Å²) < 4.78 is 5.89. The van der Waals surface area contributed by atoms with Gasteiger partial charge in [0, 0.05) is 31.5 Å². The van der Waals surface area contributed by atoms with E-state index in [2.05, 4.69) is 15.9 Å². The molecular weight excluding hydrogens is 322 g/mol. The highest BCUT2D eigenvalue weighted by Gasteiger charge is 2.23. The molecule has 20 heavy (non-hydrogen) atoms. The van der Waals surface area contributed by atoms with Crippen LogP contribution in [0.25, 0.3) is 0 Å². The summed E-state index contributed by atoms with van der Waals surface area (Å²) in [6.45, 7) is 3.02. The molecule has 1 aromatic carbocycles. The number of Topliss-reactive ketones (excluding diaryl/α,β-unsaturated/α-hetero) is 1. The van der Waals surface area contributed by atoms with Gasteiger partial charge in [0.15, 0.2) is 5.78 Å². The molecular formula is C15H18BrNO3. The van der Waals surface area contributed by atoms with Gasteiger partial charge in [-0.3, -0.25) is 9.59 Å². The third kappa shape index (κ3) is 3.82. The van der Waals surface area contributed by atoms with Crippen molar-refractivity contribution in [1.29, 1.82) is 0 Å². The lowest BCUT2D eigenvalue weighted by Gasteiger charge is -2.31. The SMILES string of the molecule is CC(=O)c1ccc(OC2CCN(C(=O)CBr)CC2)cc1. The van der Waals surface area contributed by atoms with E-state index in [4.69, 9.17) is 4.74 Å². The van der Waals surface area contributed by atoms with E-state index in [1.165, 1.54) is 0 Å². The smallest absolute Gasteiger partial charge is 0.233 e. The van der Waals surface area contributed by atoms with Crippen LogP contribution in [0, 0.1) is 0 Å². The third-order valence-electron chi connectivity index (χ3n) is 3.47. The first-order valence-electron chi connectivity index (χ1n) is 6.71. The molecule has 0 aromatic heterocycles. The van der Waals surface area contributed by atoms with Crippen molar-refractivity contribution in [3.63, 3.8) is 0 Å². The zero-order valence-corrected chi connectivity index (χ0v) is 13.1. The highest BCUT2D eigenvalue weighted by atomic mass is 79.9. The number of nitrogens with zero attached hydrogens (tertiary/aromatic N) is 1. The molecule has 0 N–H and O–H groups in total. The molecule has 4 nitrogen and oxygen atoms in total. The molecule has 1 saturated heterocycles. The van der Waals surface area contributed by atoms with E-state index in [1.54, 1.807) is 19.1 Å². The second kappa shape index (κ2) is 6.88. The van der Waals surface area contributed by atoms with Crippen LogP contribution < -0.4 is 4.74 Å². The van der Waals surface area contributed by atoms with Crippen molar-refractivity contribution in [2.75, 3.05) is 18.4 Å². The fraction of sp³-hybridized carbons (Fsp3) is 0.467. The van der Waals surface area contributed by atoms with E-state index in [1.807, 2.05) is 17.0 Å². The van der Waals surface area contributed by atoms with Crippen LogP contribution in [-0.2, 0) is 4.79 Å². The van der Waals surface area contributed by atoms with Crippen molar-refractivity contribution < 1.29 is 14.3 Å². The third-order valence-corrected chi connectivity index (χ3v) is 3.95. The predicted octanol–water partition coefficient (Wildman–Crippen LogP) is 2.65. The predicted molar refractivity (Wildman–Crippen MR) is 80.5 cm³/mol. The number of piperidine rings is 1. The zero-order chi connectivity index (χ0) is 14.5. The van der Waals surface area contributed by atoms with Gasteiger partial charge in [-0.2, -0.15) is 0 Å². The van der Waals surface area contributed by atoms with E-state index in [0.29, 0.717) is 10.9 Å². The van der Waals surface area contributed by atoms with Crippen LogP contribution in [0.4, 0.5) is 0 Å². The number of hydrogen-bond acceptors (Lipinski definition) is 3. The monoisotopic (exact) mass is 339 g/mol. The first kappa shape index (κ1) is 15.0. The van der Waals surface area contributed by atoms with Gasteiger partial charge in [0.25, 0.3) is 0 Å². The number of alkyl halides is 1. The number of benzene rings is 1. The first-order valence-corrected chi connectivity index (χ1v) is 7.83. The van der Waals surface area contributed by atoms with E-state index in [9.17, 15) is 9.59 Å². The minimum Gasteiger partial charge on any atom is -0.490 e. The van der Waals surface area contributed by atoms with Crippen molar-refractivity contribution in [3.8, 4) is 5.75 Å². The van der Waals surface area contributed by atoms with Crippen LogP contribution in [-0.4, -0.2) is 41.1 Å². The normalized spacial score (nSPS) is 16.0. The maximum Gasteiger partial charge on any atom is 0.233 e. The molecule has 0 bridgehead atoms. The molecule has 1 amide bonds. The molecule has 108 valence electrons. The van der Waals surface area contributed by atoms with Gasteiger partial charge in [-0.15, -0.1) is 0 Å². The van der Waals surface area contributed by atoms with Gasteiger partial charge in [-0.1, -0.05) is 15.9 Å². The number of hydrogen-bond donors (Lipinski definition) is 0. The van der Waals surface area contributed by atoms with Gasteiger partial charge in [-0.05, 0) is 31.2 Å². The van der Waals surface area contributed by atoms with Crippen LogP contribution in [0.2, 0.25) is 0 Å². The summed E-state index contributed by atoms with van der Waals surface area (Å²) in [6, 6.07) is 7.21. The summed E-state index contributed by atoms with van der Waals surface area (Å²) in [5, 5.41) is 0.380. The lowest BCUT2D eigenvalue weighted by Crippen LogP contribution is -2.42. The van der Waals surface area contributed by atoms with Crippen molar-refractivity contribution in [2.24, 2.45) is 0 Å². The minimum atomic E-state index is 0.0538. The highest BCUT2D eigenvalue weighted by Crippen LogP contribution is 2.20. The van der Waals surface area contributed by atoms with Gasteiger partial charge in [0.2, 0.25) is 5.91 Å². The van der Waals surface area contributed by atoms with Gasteiger partial charge in [0.1, 0.15) is 11.9 Å². The lowest BCUT2D eigenvalue weighted by atomic mass is 10.1. The van der Waals surface area contributed by atoms with Gasteiger partial charge in [-0.25, -0.2) is 0 Å². The van der Waals surface area contributed by atoms with Crippen LogP contribution >= 0.6 is 15.9 Å². The quantitative estimate of drug-likeness (QED) is 0.625. The standard InChI is InChI=1S/C15H18BrNO3/c1-11(18)12-2-4-13(5-3-12)20-14-6-8-17(9-7-14)15(19)10-16/h2-5,14H,6-10H2,1H3. The molecule has 1 heterocycles. The van der Waals surface area contributed by atoms with Gasteiger partial charge in [0.05, 0.1) is 5.33 Å². The second-order valence-electron chi connectivity index (χ2n) is 4.91. The molecule has 1 aliphatic rings. The summed E-state index contributed by atoms with van der Waals surface area (Å²) in [6.07, 6.45) is 1.82. The number of amides is 1. The summed E-state index contributed by atoms with van der Waals surface area (Å²) in [5.74, 6) is 0.965. The highest BCUT2D eigenvalue weighted by molar-refractivity contribution is 9.09. The number of carbonyl (C=O) groups is 2. The molecule has 0 spiro atoms. The Balaban J connectivity index is 1.86. The maximum atomic E-state index is 11.5. The molecule has 0 aliphatic carbocycles. The molecule has 0 unspecified atom stereocenters. The second-order valence-corrected chi connectivity index (χ2v) is 5.47. The minimum absolute atomic E-state index is 0.0538. The Hall–Kier alpha value is -1.36. The van der Waals surface area contributed by atoms with E-state index < -0.39 is 0 Å². The van der Waals surface area contributed by atoms with Crippen LogP contribution in [0.5, 0.6) is 5.75 Å². The Kier molecular flexibility index (Phi) is 5.17. The van der Waals surface area contributed by atoms with Crippen LogP contribution in [0.1, 0.15) is 30.1 Å². The Morgan fingerprint density at radius 1 is 1.25 bits per heavy atom. The number of likely N-dealkylation sites (tertiary alicyclic amines) is 1. The number of rotatable bonds is 4. The molecule has 1 fully saturated rings. The van der Waals surface area contributed by atoms with E-state index in [-0.39, 0.29) is 17.8 Å². The first-order chi connectivity index (χ1) is 9.60. The molecule has 0 radical (unpaired) electrons. The van der Waals surface area contributed by atoms with E-state index in [0.717, 1.165) is 31.7 Å². The Morgan fingerprint density at radius 2 is 1.85 bits per heavy atom. The summed E-state index contributed by atoms with van der Waals surface area (Å²) in [4.78, 5) is 24.6. The van der Waals surface area contributed by atoms with E-state index >= 15 is 0 Å². The lowest BCUT2D eigenvalue weighted by molar-refractivity contribution is -0.130. The number of halogens is 1. The molecule has 2 rings (SSSR count). The summed E-state index contributed by atoms with van der Waals surface area (Å²) >= 11 is 3.19. The Bertz CT molecular complexity index is 478. The van der Waals surface area contributed by atoms with Crippen molar-refractivity contribution in [1.82, 2.24) is 4.90 Å². The van der Waals surface area contributed by atoms with Crippen molar-refractivity contribution >= 4 is 27.6 Å². The number of carbonyl (C=O) groups excluding carboxylic acids is 2. The van der Waals surface area contributed by atoms with Crippen LogP contribution in [0.15, 0.2) is 24.3 Å². The molecule has 5 heteroatoms. The average Bonchev–Trinajstić information content (AvgIpc) is 2.48. The Morgan fingerprint density at radius 3 is 2.35 bits per heavy atom. The average molecular weight is 340 g/mol. The summed E-state index contributed by atoms with van der Waals surface area (Å²) in [5.41, 5.74) is 0.690. The molecule has 0 atom stereocenters. The maximum absolute atomic E-state index is 11.5. The topological polar surface area (TPSA) is 46.6 Å². The van der Waals surface area contributed by atoms with Gasteiger partial charge < -0.3 is 9.64 Å². The largest absolute Gasteiger partial charge is 0.490 e.